The van der Waals surface area contributed by atoms with E-state index >= 15 is 0 Å². The maximum Gasteiger partial charge on any atom is 0.306 e. The molecule has 6 heteroatoms. The third-order valence-electron chi connectivity index (χ3n) is 11.4. The minimum atomic E-state index is -0.807. The van der Waals surface area contributed by atoms with Crippen molar-refractivity contribution in [3.05, 3.63) is 85.1 Å². The van der Waals surface area contributed by atoms with E-state index in [9.17, 15) is 14.4 Å². The molecular formula is C59H100O6. The number of ether oxygens (including phenoxy) is 3. The van der Waals surface area contributed by atoms with Crippen molar-refractivity contribution in [1.82, 2.24) is 0 Å². The maximum absolute atomic E-state index is 12.8. The van der Waals surface area contributed by atoms with Crippen LogP contribution in [-0.4, -0.2) is 37.2 Å². The van der Waals surface area contributed by atoms with E-state index in [2.05, 4.69) is 106 Å². The summed E-state index contributed by atoms with van der Waals surface area (Å²) in [5, 5.41) is 0. The van der Waals surface area contributed by atoms with E-state index in [-0.39, 0.29) is 31.1 Å². The van der Waals surface area contributed by atoms with Gasteiger partial charge in [0.2, 0.25) is 0 Å². The molecule has 0 saturated carbocycles. The highest BCUT2D eigenvalue weighted by Gasteiger charge is 2.19. The SMILES string of the molecule is CC/C=C\C/C=C\C/C=C\C/C=C\CCCCC(=O)OC[C@H](COC(=O)CCCC/C=C\C/C=C\C/C=C\CCCCC)OC(=O)CCCCCCCCCCCCCCCCCCC. The predicted octanol–water partition coefficient (Wildman–Crippen LogP) is 18.0. The lowest BCUT2D eigenvalue weighted by atomic mass is 10.0. The molecule has 0 saturated heterocycles. The summed E-state index contributed by atoms with van der Waals surface area (Å²) in [6.45, 7) is 6.44. The van der Waals surface area contributed by atoms with E-state index < -0.39 is 6.10 Å². The van der Waals surface area contributed by atoms with E-state index in [1.807, 2.05) is 0 Å². The Balaban J connectivity index is 4.49. The van der Waals surface area contributed by atoms with Crippen LogP contribution in [0.1, 0.15) is 252 Å². The van der Waals surface area contributed by atoms with E-state index in [0.29, 0.717) is 19.3 Å². The van der Waals surface area contributed by atoms with Gasteiger partial charge in [0, 0.05) is 19.3 Å². The molecule has 0 N–H and O–H groups in total. The van der Waals surface area contributed by atoms with Crippen LogP contribution in [0.25, 0.3) is 0 Å². The number of hydrogen-bond acceptors (Lipinski definition) is 6. The first-order chi connectivity index (χ1) is 32.0. The van der Waals surface area contributed by atoms with Gasteiger partial charge in [-0.05, 0) is 96.3 Å². The molecule has 65 heavy (non-hydrogen) atoms. The second-order valence-electron chi connectivity index (χ2n) is 17.8. The number of rotatable bonds is 48. The van der Waals surface area contributed by atoms with Crippen molar-refractivity contribution in [3.63, 3.8) is 0 Å². The van der Waals surface area contributed by atoms with E-state index in [1.54, 1.807) is 0 Å². The Hall–Kier alpha value is -3.41. The number of unbranched alkanes of at least 4 members (excludes halogenated alkanes) is 23. The summed E-state index contributed by atoms with van der Waals surface area (Å²) in [7, 11) is 0. The Bertz CT molecular complexity index is 1270. The monoisotopic (exact) mass is 905 g/mol. The topological polar surface area (TPSA) is 78.9 Å². The van der Waals surface area contributed by atoms with Gasteiger partial charge < -0.3 is 14.2 Å². The lowest BCUT2D eigenvalue weighted by molar-refractivity contribution is -0.167. The second-order valence-corrected chi connectivity index (χ2v) is 17.8. The van der Waals surface area contributed by atoms with Crippen molar-refractivity contribution in [2.45, 2.75) is 258 Å². The third kappa shape index (κ3) is 51.4. The second kappa shape index (κ2) is 53.2. The first-order valence-electron chi connectivity index (χ1n) is 27.1. The molecule has 0 aliphatic carbocycles. The Labute approximate surface area is 401 Å². The number of allylic oxidation sites excluding steroid dienone is 14. The Kier molecular flexibility index (Phi) is 50.4. The molecule has 0 aliphatic rings. The van der Waals surface area contributed by atoms with Crippen LogP contribution in [0.4, 0.5) is 0 Å². The number of carbonyl (C=O) groups excluding carboxylic acids is 3. The molecular weight excluding hydrogens is 805 g/mol. The molecule has 0 unspecified atom stereocenters. The van der Waals surface area contributed by atoms with Crippen LogP contribution in [-0.2, 0) is 28.6 Å². The number of carbonyl (C=O) groups is 3. The normalized spacial score (nSPS) is 12.7. The van der Waals surface area contributed by atoms with E-state index in [0.717, 1.165) is 96.3 Å². The van der Waals surface area contributed by atoms with Crippen LogP contribution in [0.15, 0.2) is 85.1 Å². The minimum Gasteiger partial charge on any atom is -0.462 e. The van der Waals surface area contributed by atoms with Gasteiger partial charge in [0.25, 0.3) is 0 Å². The van der Waals surface area contributed by atoms with Crippen molar-refractivity contribution >= 4 is 17.9 Å². The van der Waals surface area contributed by atoms with Crippen LogP contribution in [0.2, 0.25) is 0 Å². The van der Waals surface area contributed by atoms with Crippen LogP contribution in [0.3, 0.4) is 0 Å². The summed E-state index contributed by atoms with van der Waals surface area (Å²) in [6.07, 6.45) is 68.6. The molecule has 0 spiro atoms. The Morgan fingerprint density at radius 3 is 0.969 bits per heavy atom. The van der Waals surface area contributed by atoms with Gasteiger partial charge in [-0.3, -0.25) is 14.4 Å². The van der Waals surface area contributed by atoms with Gasteiger partial charge in [0.05, 0.1) is 0 Å². The van der Waals surface area contributed by atoms with Gasteiger partial charge in [-0.1, -0.05) is 221 Å². The van der Waals surface area contributed by atoms with Crippen LogP contribution in [0.5, 0.6) is 0 Å². The highest BCUT2D eigenvalue weighted by Crippen LogP contribution is 2.15. The lowest BCUT2D eigenvalue weighted by Crippen LogP contribution is -2.30. The molecule has 6 nitrogen and oxygen atoms in total. The first-order valence-corrected chi connectivity index (χ1v) is 27.1. The van der Waals surface area contributed by atoms with Crippen molar-refractivity contribution in [2.75, 3.05) is 13.2 Å². The summed E-state index contributed by atoms with van der Waals surface area (Å²) in [5.41, 5.74) is 0. The fraction of sp³-hybridized carbons (Fsp3) is 0.712. The molecule has 0 aromatic carbocycles. The zero-order chi connectivity index (χ0) is 47.2. The van der Waals surface area contributed by atoms with Crippen LogP contribution in [0, 0.1) is 0 Å². The Morgan fingerprint density at radius 1 is 0.323 bits per heavy atom. The summed E-state index contributed by atoms with van der Waals surface area (Å²) >= 11 is 0. The van der Waals surface area contributed by atoms with Gasteiger partial charge in [-0.15, -0.1) is 0 Å². The zero-order valence-electron chi connectivity index (χ0n) is 42.5. The van der Waals surface area contributed by atoms with Gasteiger partial charge >= 0.3 is 17.9 Å². The molecule has 0 bridgehead atoms. The van der Waals surface area contributed by atoms with E-state index in [1.165, 1.54) is 116 Å². The predicted molar refractivity (Wildman–Crippen MR) is 279 cm³/mol. The number of esters is 3. The van der Waals surface area contributed by atoms with Gasteiger partial charge in [-0.2, -0.15) is 0 Å². The third-order valence-corrected chi connectivity index (χ3v) is 11.4. The quantitative estimate of drug-likeness (QED) is 0.0262. The van der Waals surface area contributed by atoms with Crippen LogP contribution < -0.4 is 0 Å². The molecule has 0 aromatic rings. The van der Waals surface area contributed by atoms with Crippen LogP contribution >= 0.6 is 0 Å². The van der Waals surface area contributed by atoms with E-state index in [4.69, 9.17) is 14.2 Å². The first kappa shape index (κ1) is 61.6. The number of hydrogen-bond donors (Lipinski definition) is 0. The average molecular weight is 905 g/mol. The molecule has 1 atom stereocenters. The molecule has 0 rings (SSSR count). The fourth-order valence-electron chi connectivity index (χ4n) is 7.32. The van der Waals surface area contributed by atoms with Gasteiger partial charge in [-0.25, -0.2) is 0 Å². The summed E-state index contributed by atoms with van der Waals surface area (Å²) in [4.78, 5) is 38.0. The smallest absolute Gasteiger partial charge is 0.306 e. The maximum atomic E-state index is 12.8. The summed E-state index contributed by atoms with van der Waals surface area (Å²) in [5.74, 6) is -0.980. The molecule has 0 amide bonds. The fourth-order valence-corrected chi connectivity index (χ4v) is 7.32. The zero-order valence-corrected chi connectivity index (χ0v) is 42.5. The largest absolute Gasteiger partial charge is 0.462 e. The van der Waals surface area contributed by atoms with Crippen molar-refractivity contribution < 1.29 is 28.6 Å². The van der Waals surface area contributed by atoms with Gasteiger partial charge in [0.1, 0.15) is 13.2 Å². The van der Waals surface area contributed by atoms with Crippen molar-refractivity contribution in [1.29, 1.82) is 0 Å². The van der Waals surface area contributed by atoms with Crippen molar-refractivity contribution in [3.8, 4) is 0 Å². The van der Waals surface area contributed by atoms with Crippen molar-refractivity contribution in [2.24, 2.45) is 0 Å². The molecule has 0 fully saturated rings. The average Bonchev–Trinajstić information content (AvgIpc) is 3.30. The minimum absolute atomic E-state index is 0.108. The van der Waals surface area contributed by atoms with Gasteiger partial charge in [0.15, 0.2) is 6.10 Å². The lowest BCUT2D eigenvalue weighted by Gasteiger charge is -2.18. The molecule has 0 aromatic heterocycles. The highest BCUT2D eigenvalue weighted by atomic mass is 16.6. The molecule has 0 radical (unpaired) electrons. The highest BCUT2D eigenvalue weighted by molar-refractivity contribution is 5.71. The summed E-state index contributed by atoms with van der Waals surface area (Å²) in [6, 6.07) is 0. The summed E-state index contributed by atoms with van der Waals surface area (Å²) < 4.78 is 16.8. The standard InChI is InChI=1S/C59H100O6/c1-4-7-10-13-16-19-22-25-28-29-32-35-38-41-44-47-50-53-59(62)65-56(54-63-57(60)51-48-45-42-39-36-33-30-26-23-20-17-14-11-8-5-2)55-64-58(61)52-49-46-43-40-37-34-31-27-24-21-18-15-12-9-6-3/h8,11,17-18,20-21,26-27,30-31,36-37,39-40,56H,4-7,9-10,12-16,19,22-25,28-29,32-35,38,41-55H2,1-3H3/b11-8-,20-17-,21-18-,30-26-,31-27-,39-36-,40-37-/t56-/m1/s1. The Morgan fingerprint density at radius 2 is 0.600 bits per heavy atom. The molecule has 0 aliphatic heterocycles. The molecule has 372 valence electrons. The molecule has 0 heterocycles.